The van der Waals surface area contributed by atoms with Crippen LogP contribution in [-0.2, 0) is 0 Å². The van der Waals surface area contributed by atoms with Gasteiger partial charge < -0.3 is 11.1 Å². The van der Waals surface area contributed by atoms with Gasteiger partial charge in [0, 0.05) is 26.9 Å². The first-order valence-electron chi connectivity index (χ1n) is 5.86. The number of benzene rings is 2. The molecular formula is C14H11ClF2N2OS. The van der Waals surface area contributed by atoms with Crippen molar-refractivity contribution in [2.45, 2.75) is 10.7 Å². The number of thioether (sulfide) groups is 1. The van der Waals surface area contributed by atoms with Crippen LogP contribution in [0.3, 0.4) is 0 Å². The van der Waals surface area contributed by atoms with Gasteiger partial charge in [0.15, 0.2) is 0 Å². The molecule has 7 heteroatoms. The van der Waals surface area contributed by atoms with E-state index in [9.17, 15) is 13.6 Å². The van der Waals surface area contributed by atoms with E-state index in [4.69, 9.17) is 17.3 Å². The summed E-state index contributed by atoms with van der Waals surface area (Å²) in [5.41, 5.74) is 6.83. The van der Waals surface area contributed by atoms with Crippen LogP contribution in [0.4, 0.5) is 20.2 Å². The number of rotatable bonds is 4. The van der Waals surface area contributed by atoms with Crippen molar-refractivity contribution in [2.24, 2.45) is 0 Å². The number of anilines is 2. The van der Waals surface area contributed by atoms with Gasteiger partial charge in [-0.1, -0.05) is 23.4 Å². The maximum absolute atomic E-state index is 12.2. The zero-order chi connectivity index (χ0) is 15.4. The minimum Gasteiger partial charge on any atom is -0.399 e. The molecule has 2 aromatic rings. The maximum atomic E-state index is 12.2. The van der Waals surface area contributed by atoms with Crippen molar-refractivity contribution in [3.8, 4) is 0 Å². The topological polar surface area (TPSA) is 55.1 Å². The summed E-state index contributed by atoms with van der Waals surface area (Å²) in [5.74, 6) is -2.85. The molecule has 0 unspecified atom stereocenters. The van der Waals surface area contributed by atoms with Crippen molar-refractivity contribution in [2.75, 3.05) is 11.1 Å². The summed E-state index contributed by atoms with van der Waals surface area (Å²) in [6, 6.07) is 10.7. The van der Waals surface area contributed by atoms with E-state index < -0.39 is 5.76 Å². The van der Waals surface area contributed by atoms with Gasteiger partial charge in [-0.05, 0) is 42.5 Å². The standard InChI is InChI=1S/C14H11ClF2N2OS/c15-9-5-8(6-10(18)7-9)13(20)19-11-1-3-12(4-2-11)21-14(16)17/h1-7,14H,18H2,(H,19,20). The number of alkyl halides is 2. The summed E-state index contributed by atoms with van der Waals surface area (Å²) >= 11 is 6.28. The maximum Gasteiger partial charge on any atom is 0.288 e. The molecule has 0 atom stereocenters. The van der Waals surface area contributed by atoms with Crippen LogP contribution in [0.1, 0.15) is 10.4 Å². The van der Waals surface area contributed by atoms with E-state index in [2.05, 4.69) is 5.32 Å². The average Bonchev–Trinajstić information content (AvgIpc) is 2.39. The third-order valence-electron chi connectivity index (χ3n) is 2.52. The molecule has 2 aromatic carbocycles. The first-order valence-corrected chi connectivity index (χ1v) is 7.12. The second-order valence-electron chi connectivity index (χ2n) is 4.13. The van der Waals surface area contributed by atoms with Gasteiger partial charge in [-0.3, -0.25) is 4.79 Å². The third kappa shape index (κ3) is 4.61. The molecule has 2 rings (SSSR count). The molecule has 0 saturated heterocycles. The summed E-state index contributed by atoms with van der Waals surface area (Å²) in [5, 5.41) is 3.01. The Hall–Kier alpha value is -1.79. The molecule has 0 spiro atoms. The number of halogens is 3. The zero-order valence-corrected chi connectivity index (χ0v) is 12.2. The number of carbonyl (C=O) groups is 1. The van der Waals surface area contributed by atoms with E-state index in [-0.39, 0.29) is 5.91 Å². The molecule has 0 aromatic heterocycles. The largest absolute Gasteiger partial charge is 0.399 e. The highest BCUT2D eigenvalue weighted by Gasteiger charge is 2.09. The Morgan fingerprint density at radius 2 is 1.86 bits per heavy atom. The highest BCUT2D eigenvalue weighted by Crippen LogP contribution is 2.26. The van der Waals surface area contributed by atoms with Gasteiger partial charge in [-0.15, -0.1) is 0 Å². The molecule has 110 valence electrons. The van der Waals surface area contributed by atoms with Crippen LogP contribution in [0.5, 0.6) is 0 Å². The Balaban J connectivity index is 2.08. The molecule has 0 bridgehead atoms. The van der Waals surface area contributed by atoms with Gasteiger partial charge in [0.1, 0.15) is 0 Å². The lowest BCUT2D eigenvalue weighted by Gasteiger charge is -2.07. The normalized spacial score (nSPS) is 10.7. The number of nitrogens with one attached hydrogen (secondary N) is 1. The molecule has 0 heterocycles. The minimum atomic E-state index is -2.47. The van der Waals surface area contributed by atoms with E-state index in [0.717, 1.165) is 0 Å². The van der Waals surface area contributed by atoms with Gasteiger partial charge in [0.25, 0.3) is 11.7 Å². The summed E-state index contributed by atoms with van der Waals surface area (Å²) in [7, 11) is 0. The number of carbonyl (C=O) groups excluding carboxylic acids is 1. The average molecular weight is 329 g/mol. The lowest BCUT2D eigenvalue weighted by Crippen LogP contribution is -2.12. The summed E-state index contributed by atoms with van der Waals surface area (Å²) < 4.78 is 24.4. The van der Waals surface area contributed by atoms with Crippen molar-refractivity contribution < 1.29 is 13.6 Å². The van der Waals surface area contributed by atoms with Crippen molar-refractivity contribution in [1.82, 2.24) is 0 Å². The third-order valence-corrected chi connectivity index (χ3v) is 3.46. The fourth-order valence-corrected chi connectivity index (χ4v) is 2.41. The molecule has 0 fully saturated rings. The lowest BCUT2D eigenvalue weighted by atomic mass is 10.2. The molecule has 0 aliphatic carbocycles. The molecule has 0 aliphatic heterocycles. The molecule has 3 N–H and O–H groups in total. The van der Waals surface area contributed by atoms with Gasteiger partial charge in [-0.2, -0.15) is 8.78 Å². The van der Waals surface area contributed by atoms with Gasteiger partial charge in [0.05, 0.1) is 0 Å². The van der Waals surface area contributed by atoms with E-state index in [1.165, 1.54) is 30.3 Å². The fraction of sp³-hybridized carbons (Fsp3) is 0.0714. The van der Waals surface area contributed by atoms with Gasteiger partial charge in [0.2, 0.25) is 0 Å². The second kappa shape index (κ2) is 6.78. The first kappa shape index (κ1) is 15.6. The Kier molecular flexibility index (Phi) is 5.03. The monoisotopic (exact) mass is 328 g/mol. The smallest absolute Gasteiger partial charge is 0.288 e. The number of hydrogen-bond acceptors (Lipinski definition) is 3. The number of nitrogen functional groups attached to an aromatic ring is 1. The molecule has 0 aliphatic rings. The highest BCUT2D eigenvalue weighted by molar-refractivity contribution is 7.99. The molecular weight excluding hydrogens is 318 g/mol. The predicted molar refractivity (Wildman–Crippen MR) is 82.1 cm³/mol. The van der Waals surface area contributed by atoms with Gasteiger partial charge >= 0.3 is 0 Å². The summed E-state index contributed by atoms with van der Waals surface area (Å²) in [4.78, 5) is 12.5. The highest BCUT2D eigenvalue weighted by atomic mass is 35.5. The Bertz CT molecular complexity index is 630. The predicted octanol–water partition coefficient (Wildman–Crippen LogP) is 4.49. The van der Waals surface area contributed by atoms with Crippen LogP contribution in [-0.4, -0.2) is 11.7 Å². The molecule has 1 amide bonds. The van der Waals surface area contributed by atoms with E-state index in [1.807, 2.05) is 0 Å². The Labute approximate surface area is 129 Å². The van der Waals surface area contributed by atoms with Crippen molar-refractivity contribution in [3.63, 3.8) is 0 Å². The molecule has 21 heavy (non-hydrogen) atoms. The number of amides is 1. The van der Waals surface area contributed by atoms with Crippen molar-refractivity contribution in [1.29, 1.82) is 0 Å². The molecule has 3 nitrogen and oxygen atoms in total. The van der Waals surface area contributed by atoms with E-state index >= 15 is 0 Å². The number of nitrogens with two attached hydrogens (primary N) is 1. The van der Waals surface area contributed by atoms with E-state index in [0.29, 0.717) is 38.6 Å². The SMILES string of the molecule is Nc1cc(Cl)cc(C(=O)Nc2ccc(SC(F)F)cc2)c1. The zero-order valence-electron chi connectivity index (χ0n) is 10.6. The molecule has 0 radical (unpaired) electrons. The molecule has 0 saturated carbocycles. The summed E-state index contributed by atoms with van der Waals surface area (Å²) in [6.45, 7) is 0. The lowest BCUT2D eigenvalue weighted by molar-refractivity contribution is 0.102. The quantitative estimate of drug-likeness (QED) is 0.642. The Morgan fingerprint density at radius 3 is 2.43 bits per heavy atom. The van der Waals surface area contributed by atoms with Crippen LogP contribution in [0.25, 0.3) is 0 Å². The Morgan fingerprint density at radius 1 is 1.19 bits per heavy atom. The first-order chi connectivity index (χ1) is 9.94. The number of hydrogen-bond donors (Lipinski definition) is 2. The van der Waals surface area contributed by atoms with Crippen LogP contribution in [0, 0.1) is 0 Å². The van der Waals surface area contributed by atoms with Crippen molar-refractivity contribution >= 4 is 40.6 Å². The van der Waals surface area contributed by atoms with Crippen LogP contribution in [0.15, 0.2) is 47.4 Å². The van der Waals surface area contributed by atoms with Gasteiger partial charge in [-0.25, -0.2) is 0 Å². The second-order valence-corrected chi connectivity index (χ2v) is 5.63. The summed E-state index contributed by atoms with van der Waals surface area (Å²) in [6.07, 6.45) is 0. The van der Waals surface area contributed by atoms with Crippen LogP contribution >= 0.6 is 23.4 Å². The van der Waals surface area contributed by atoms with E-state index in [1.54, 1.807) is 12.1 Å². The minimum absolute atomic E-state index is 0.325. The van der Waals surface area contributed by atoms with Crippen LogP contribution in [0.2, 0.25) is 5.02 Å². The van der Waals surface area contributed by atoms with Crippen LogP contribution < -0.4 is 11.1 Å². The van der Waals surface area contributed by atoms with Crippen molar-refractivity contribution in [3.05, 3.63) is 53.1 Å². The fourth-order valence-electron chi connectivity index (χ4n) is 1.67.